The first kappa shape index (κ1) is 12.4. The van der Waals surface area contributed by atoms with E-state index in [1.54, 1.807) is 6.07 Å². The summed E-state index contributed by atoms with van der Waals surface area (Å²) in [6.07, 6.45) is 6.10. The molecule has 1 aliphatic carbocycles. The number of rotatable bonds is 2. The fourth-order valence-electron chi connectivity index (χ4n) is 2.45. The molecule has 1 aromatic heterocycles. The van der Waals surface area contributed by atoms with Crippen LogP contribution in [0.2, 0.25) is 0 Å². The van der Waals surface area contributed by atoms with Crippen molar-refractivity contribution in [3.8, 4) is 0 Å². The van der Waals surface area contributed by atoms with Crippen LogP contribution in [0.5, 0.6) is 0 Å². The molecule has 0 aromatic carbocycles. The fraction of sp³-hybridized carbons (Fsp3) is 0.615. The van der Waals surface area contributed by atoms with Crippen LogP contribution < -0.4 is 11.1 Å². The van der Waals surface area contributed by atoms with Crippen molar-refractivity contribution in [1.29, 1.82) is 0 Å². The number of carbonyl (C=O) groups excluding carboxylic acids is 1. The quantitative estimate of drug-likeness (QED) is 0.795. The van der Waals surface area contributed by atoms with E-state index >= 15 is 0 Å². The molecule has 94 valence electrons. The zero-order valence-corrected chi connectivity index (χ0v) is 11.1. The molecule has 1 fully saturated rings. The molecule has 0 saturated heterocycles. The third-order valence-corrected chi connectivity index (χ3v) is 4.51. The zero-order chi connectivity index (χ0) is 12.3. The maximum Gasteiger partial charge on any atom is 0.263 e. The molecule has 1 amide bonds. The van der Waals surface area contributed by atoms with Crippen molar-refractivity contribution >= 4 is 22.9 Å². The van der Waals surface area contributed by atoms with Crippen molar-refractivity contribution in [1.82, 2.24) is 5.32 Å². The Hall–Kier alpha value is -1.03. The Balaban J connectivity index is 2.00. The minimum absolute atomic E-state index is 0.00347. The molecule has 2 atom stereocenters. The molecule has 0 bridgehead atoms. The molecule has 1 aliphatic rings. The fourth-order valence-corrected chi connectivity index (χ4v) is 3.17. The maximum absolute atomic E-state index is 12.1. The van der Waals surface area contributed by atoms with Gasteiger partial charge in [-0.3, -0.25) is 4.79 Å². The van der Waals surface area contributed by atoms with Gasteiger partial charge in [0.05, 0.1) is 5.69 Å². The maximum atomic E-state index is 12.1. The third-order valence-electron chi connectivity index (χ3n) is 3.58. The van der Waals surface area contributed by atoms with Gasteiger partial charge in [0.15, 0.2) is 0 Å². The monoisotopic (exact) mass is 252 g/mol. The van der Waals surface area contributed by atoms with Gasteiger partial charge in [-0.15, -0.1) is 11.3 Å². The van der Waals surface area contributed by atoms with Crippen molar-refractivity contribution in [3.05, 3.63) is 16.3 Å². The summed E-state index contributed by atoms with van der Waals surface area (Å²) in [6.45, 7) is 2.23. The molecule has 1 aromatic rings. The average Bonchev–Trinajstić information content (AvgIpc) is 2.63. The SMILES string of the molecule is CC1CCCCCC1NC(=O)c1sccc1N. The zero-order valence-electron chi connectivity index (χ0n) is 10.2. The minimum Gasteiger partial charge on any atom is -0.397 e. The topological polar surface area (TPSA) is 55.1 Å². The van der Waals surface area contributed by atoms with Crippen LogP contribution in [0.1, 0.15) is 48.7 Å². The van der Waals surface area contributed by atoms with E-state index in [0.717, 1.165) is 6.42 Å². The van der Waals surface area contributed by atoms with E-state index < -0.39 is 0 Å². The molecule has 3 nitrogen and oxygen atoms in total. The molecule has 4 heteroatoms. The van der Waals surface area contributed by atoms with E-state index in [4.69, 9.17) is 5.73 Å². The second kappa shape index (κ2) is 5.54. The molecule has 1 saturated carbocycles. The number of nitrogens with one attached hydrogen (secondary N) is 1. The number of thiophene rings is 1. The lowest BCUT2D eigenvalue weighted by Gasteiger charge is -2.22. The number of nitrogen functional groups attached to an aromatic ring is 1. The largest absolute Gasteiger partial charge is 0.397 e. The Morgan fingerprint density at radius 3 is 2.88 bits per heavy atom. The molecule has 2 rings (SSSR count). The number of amides is 1. The normalized spacial score (nSPS) is 25.2. The predicted octanol–water partition coefficient (Wildman–Crippen LogP) is 3.03. The highest BCUT2D eigenvalue weighted by Gasteiger charge is 2.23. The number of hydrogen-bond donors (Lipinski definition) is 2. The lowest BCUT2D eigenvalue weighted by atomic mass is 9.97. The van der Waals surface area contributed by atoms with E-state index in [9.17, 15) is 4.79 Å². The Morgan fingerprint density at radius 1 is 1.41 bits per heavy atom. The highest BCUT2D eigenvalue weighted by Crippen LogP contribution is 2.24. The first-order valence-corrected chi connectivity index (χ1v) is 7.20. The number of anilines is 1. The third kappa shape index (κ3) is 3.00. The summed E-state index contributed by atoms with van der Waals surface area (Å²) in [7, 11) is 0. The van der Waals surface area contributed by atoms with Crippen LogP contribution in [0.4, 0.5) is 5.69 Å². The van der Waals surface area contributed by atoms with Gasteiger partial charge in [0.2, 0.25) is 0 Å². The summed E-state index contributed by atoms with van der Waals surface area (Å²) in [4.78, 5) is 12.7. The van der Waals surface area contributed by atoms with Gasteiger partial charge >= 0.3 is 0 Å². The van der Waals surface area contributed by atoms with Crippen molar-refractivity contribution in [3.63, 3.8) is 0 Å². The molecule has 0 spiro atoms. The molecular weight excluding hydrogens is 232 g/mol. The van der Waals surface area contributed by atoms with E-state index in [0.29, 0.717) is 22.5 Å². The minimum atomic E-state index is -0.00347. The van der Waals surface area contributed by atoms with Crippen molar-refractivity contribution in [2.24, 2.45) is 5.92 Å². The summed E-state index contributed by atoms with van der Waals surface area (Å²) >= 11 is 1.42. The molecule has 1 heterocycles. The van der Waals surface area contributed by atoms with Gasteiger partial charge in [0.1, 0.15) is 4.88 Å². The van der Waals surface area contributed by atoms with E-state index in [-0.39, 0.29) is 5.91 Å². The van der Waals surface area contributed by atoms with Crippen LogP contribution in [0.15, 0.2) is 11.4 Å². The summed E-state index contributed by atoms with van der Waals surface area (Å²) in [5.41, 5.74) is 6.35. The van der Waals surface area contributed by atoms with Gasteiger partial charge in [-0.1, -0.05) is 26.2 Å². The van der Waals surface area contributed by atoms with Gasteiger partial charge in [-0.25, -0.2) is 0 Å². The van der Waals surface area contributed by atoms with Crippen molar-refractivity contribution in [2.75, 3.05) is 5.73 Å². The summed E-state index contributed by atoms with van der Waals surface area (Å²) in [6, 6.07) is 2.10. The van der Waals surface area contributed by atoms with Crippen LogP contribution in [0.25, 0.3) is 0 Å². The van der Waals surface area contributed by atoms with Gasteiger partial charge in [0.25, 0.3) is 5.91 Å². The highest BCUT2D eigenvalue weighted by atomic mass is 32.1. The summed E-state index contributed by atoms with van der Waals surface area (Å²) < 4.78 is 0. The van der Waals surface area contributed by atoms with Crippen molar-refractivity contribution in [2.45, 2.75) is 45.1 Å². The lowest BCUT2D eigenvalue weighted by molar-refractivity contribution is 0.0926. The van der Waals surface area contributed by atoms with E-state index in [1.807, 2.05) is 5.38 Å². The first-order valence-electron chi connectivity index (χ1n) is 6.32. The van der Waals surface area contributed by atoms with E-state index in [1.165, 1.54) is 37.0 Å². The highest BCUT2D eigenvalue weighted by molar-refractivity contribution is 7.12. The van der Waals surface area contributed by atoms with Gasteiger partial charge in [-0.2, -0.15) is 0 Å². The molecule has 3 N–H and O–H groups in total. The average molecular weight is 252 g/mol. The van der Waals surface area contributed by atoms with Crippen LogP contribution in [0.3, 0.4) is 0 Å². The first-order chi connectivity index (χ1) is 8.18. The van der Waals surface area contributed by atoms with Crippen LogP contribution in [-0.4, -0.2) is 11.9 Å². The second-order valence-electron chi connectivity index (χ2n) is 4.90. The van der Waals surface area contributed by atoms with Gasteiger partial charge in [0, 0.05) is 6.04 Å². The van der Waals surface area contributed by atoms with Crippen LogP contribution in [-0.2, 0) is 0 Å². The standard InChI is InChI=1S/C13H20N2OS/c1-9-5-3-2-4-6-11(9)15-13(16)12-10(14)7-8-17-12/h7-9,11H,2-6,14H2,1H3,(H,15,16). The summed E-state index contributed by atoms with van der Waals surface area (Å²) in [5.74, 6) is 0.568. The molecule has 0 radical (unpaired) electrons. The van der Waals surface area contributed by atoms with Gasteiger partial charge < -0.3 is 11.1 Å². The van der Waals surface area contributed by atoms with Crippen LogP contribution in [0, 0.1) is 5.92 Å². The molecule has 0 aliphatic heterocycles. The number of hydrogen-bond acceptors (Lipinski definition) is 3. The molecule has 2 unspecified atom stereocenters. The van der Waals surface area contributed by atoms with Crippen LogP contribution >= 0.6 is 11.3 Å². The Bertz CT molecular complexity index is 389. The van der Waals surface area contributed by atoms with E-state index in [2.05, 4.69) is 12.2 Å². The number of nitrogens with two attached hydrogens (primary N) is 1. The lowest BCUT2D eigenvalue weighted by Crippen LogP contribution is -2.38. The Labute approximate surface area is 106 Å². The van der Waals surface area contributed by atoms with Gasteiger partial charge in [-0.05, 0) is 30.2 Å². The predicted molar refractivity (Wildman–Crippen MR) is 72.2 cm³/mol. The second-order valence-corrected chi connectivity index (χ2v) is 5.82. The summed E-state index contributed by atoms with van der Waals surface area (Å²) in [5, 5.41) is 5.01. The smallest absolute Gasteiger partial charge is 0.263 e. The molecule has 17 heavy (non-hydrogen) atoms. The molecular formula is C13H20N2OS. The number of carbonyl (C=O) groups is 1. The Morgan fingerprint density at radius 2 is 2.18 bits per heavy atom. The Kier molecular flexibility index (Phi) is 4.05. The van der Waals surface area contributed by atoms with Crippen molar-refractivity contribution < 1.29 is 4.79 Å².